The monoisotopic (exact) mass is 445 g/mol. The highest BCUT2D eigenvalue weighted by atomic mass is 32.2. The fourth-order valence-corrected chi connectivity index (χ4v) is 4.83. The predicted molar refractivity (Wildman–Crippen MR) is 126 cm³/mol. The number of fused-ring (bicyclic) bond motifs is 1. The van der Waals surface area contributed by atoms with Crippen LogP contribution in [0.15, 0.2) is 58.5 Å². The number of ether oxygens (including phenoxy) is 1. The van der Waals surface area contributed by atoms with Crippen LogP contribution < -0.4 is 15.6 Å². The van der Waals surface area contributed by atoms with Crippen molar-refractivity contribution in [3.05, 3.63) is 81.1 Å². The molecule has 3 aromatic rings. The summed E-state index contributed by atoms with van der Waals surface area (Å²) in [6.07, 6.45) is 5.42. The SMILES string of the molecule is C#CCOc1ccc([C@@H]2CC(=O)Nc3c2c(=O)nc(SCc2ccccc2C)n3C)cc1. The largest absolute Gasteiger partial charge is 0.481 e. The predicted octanol–water partition coefficient (Wildman–Crippen LogP) is 3.87. The van der Waals surface area contributed by atoms with Crippen molar-refractivity contribution < 1.29 is 9.53 Å². The van der Waals surface area contributed by atoms with Gasteiger partial charge in [-0.2, -0.15) is 4.98 Å². The molecule has 1 amide bonds. The van der Waals surface area contributed by atoms with Gasteiger partial charge < -0.3 is 14.6 Å². The van der Waals surface area contributed by atoms with E-state index in [4.69, 9.17) is 11.2 Å². The molecule has 1 atom stereocenters. The van der Waals surface area contributed by atoms with Gasteiger partial charge in [-0.15, -0.1) is 6.42 Å². The lowest BCUT2D eigenvalue weighted by Crippen LogP contribution is -2.33. The van der Waals surface area contributed by atoms with Gasteiger partial charge in [0.25, 0.3) is 5.56 Å². The number of carbonyl (C=O) groups is 1. The number of carbonyl (C=O) groups excluding carboxylic acids is 1. The van der Waals surface area contributed by atoms with Crippen molar-refractivity contribution in [1.29, 1.82) is 0 Å². The lowest BCUT2D eigenvalue weighted by Gasteiger charge is -2.27. The average molecular weight is 446 g/mol. The van der Waals surface area contributed by atoms with Crippen molar-refractivity contribution in [3.8, 4) is 18.1 Å². The van der Waals surface area contributed by atoms with E-state index in [9.17, 15) is 9.59 Å². The van der Waals surface area contributed by atoms with Gasteiger partial charge >= 0.3 is 0 Å². The van der Waals surface area contributed by atoms with Gasteiger partial charge in [-0.1, -0.05) is 54.1 Å². The summed E-state index contributed by atoms with van der Waals surface area (Å²) in [5.74, 6) is 3.75. The van der Waals surface area contributed by atoms with Crippen LogP contribution in [0.5, 0.6) is 5.75 Å². The Labute approximate surface area is 191 Å². The maximum absolute atomic E-state index is 13.1. The van der Waals surface area contributed by atoms with Crippen LogP contribution in [0.4, 0.5) is 5.82 Å². The number of nitrogens with one attached hydrogen (secondary N) is 1. The standard InChI is InChI=1S/C25H23N3O3S/c1-4-13-31-19-11-9-17(10-12-19)20-14-21(29)26-23-22(20)24(30)27-25(28(23)3)32-15-18-8-6-5-7-16(18)2/h1,5-12,20H,13-15H2,2-3H3,(H,26,29)/t20-/m0/s1. The zero-order chi connectivity index (χ0) is 22.7. The third-order valence-electron chi connectivity index (χ3n) is 5.52. The summed E-state index contributed by atoms with van der Waals surface area (Å²) < 4.78 is 7.22. The van der Waals surface area contributed by atoms with Crippen molar-refractivity contribution in [3.63, 3.8) is 0 Å². The number of hydrogen-bond acceptors (Lipinski definition) is 5. The van der Waals surface area contributed by atoms with Crippen molar-refractivity contribution in [2.45, 2.75) is 30.2 Å². The Morgan fingerprint density at radius 2 is 1.97 bits per heavy atom. The molecule has 0 unspecified atom stereocenters. The molecule has 0 bridgehead atoms. The molecule has 32 heavy (non-hydrogen) atoms. The van der Waals surface area contributed by atoms with Crippen molar-refractivity contribution in [2.75, 3.05) is 11.9 Å². The molecule has 0 spiro atoms. The molecule has 1 aliphatic rings. The van der Waals surface area contributed by atoms with Crippen LogP contribution in [0.25, 0.3) is 0 Å². The summed E-state index contributed by atoms with van der Waals surface area (Å²) in [4.78, 5) is 30.0. The first-order valence-electron chi connectivity index (χ1n) is 10.2. The molecule has 1 aliphatic heterocycles. The minimum absolute atomic E-state index is 0.133. The second-order valence-corrected chi connectivity index (χ2v) is 8.55. The number of amides is 1. The van der Waals surface area contributed by atoms with Gasteiger partial charge in [0.1, 0.15) is 18.2 Å². The highest BCUT2D eigenvalue weighted by Gasteiger charge is 2.32. The van der Waals surface area contributed by atoms with Gasteiger partial charge in [0.2, 0.25) is 5.91 Å². The second kappa shape index (κ2) is 9.33. The number of hydrogen-bond donors (Lipinski definition) is 1. The molecule has 6 nitrogen and oxygen atoms in total. The van der Waals surface area contributed by atoms with E-state index in [1.165, 1.54) is 22.9 Å². The van der Waals surface area contributed by atoms with Gasteiger partial charge in [0.15, 0.2) is 5.16 Å². The number of terminal acetylenes is 1. The Kier molecular flexibility index (Phi) is 6.33. The fourth-order valence-electron chi connectivity index (χ4n) is 3.78. The van der Waals surface area contributed by atoms with Gasteiger partial charge in [-0.25, -0.2) is 0 Å². The van der Waals surface area contributed by atoms with E-state index in [-0.39, 0.29) is 30.4 Å². The topological polar surface area (TPSA) is 73.2 Å². The Morgan fingerprint density at radius 1 is 1.22 bits per heavy atom. The molecule has 0 saturated carbocycles. The molecular formula is C25H23N3O3S. The molecule has 0 aliphatic carbocycles. The van der Waals surface area contributed by atoms with Gasteiger partial charge in [-0.3, -0.25) is 9.59 Å². The lowest BCUT2D eigenvalue weighted by atomic mass is 9.87. The summed E-state index contributed by atoms with van der Waals surface area (Å²) >= 11 is 1.48. The smallest absolute Gasteiger partial charge is 0.279 e. The van der Waals surface area contributed by atoms with E-state index in [0.717, 1.165) is 5.56 Å². The highest BCUT2D eigenvalue weighted by Crippen LogP contribution is 2.36. The minimum atomic E-state index is -0.373. The Morgan fingerprint density at radius 3 is 2.69 bits per heavy atom. The van der Waals surface area contributed by atoms with Crippen LogP contribution in [-0.2, 0) is 17.6 Å². The van der Waals surface area contributed by atoms with Crippen LogP contribution in [0.3, 0.4) is 0 Å². The first-order chi connectivity index (χ1) is 15.5. The molecule has 0 fully saturated rings. The average Bonchev–Trinajstić information content (AvgIpc) is 2.79. The number of benzene rings is 2. The number of thioether (sulfide) groups is 1. The summed E-state index contributed by atoms with van der Waals surface area (Å²) in [6.45, 7) is 2.24. The first-order valence-corrected chi connectivity index (χ1v) is 11.2. The third-order valence-corrected chi connectivity index (χ3v) is 6.60. The maximum atomic E-state index is 13.1. The molecule has 4 rings (SSSR count). The Bertz CT molecular complexity index is 1260. The second-order valence-electron chi connectivity index (χ2n) is 7.60. The van der Waals surface area contributed by atoms with E-state index in [1.54, 1.807) is 16.7 Å². The molecule has 7 heteroatoms. The van der Waals surface area contributed by atoms with Crippen molar-refractivity contribution in [1.82, 2.24) is 9.55 Å². The minimum Gasteiger partial charge on any atom is -0.481 e. The molecule has 0 radical (unpaired) electrons. The van der Waals surface area contributed by atoms with Crippen LogP contribution >= 0.6 is 11.8 Å². The van der Waals surface area contributed by atoms with Gasteiger partial charge in [0, 0.05) is 25.1 Å². The normalized spacial score (nSPS) is 14.9. The highest BCUT2D eigenvalue weighted by molar-refractivity contribution is 7.98. The summed E-state index contributed by atoms with van der Waals surface area (Å²) in [5, 5.41) is 3.45. The summed E-state index contributed by atoms with van der Waals surface area (Å²) in [5.41, 5.74) is 3.41. The van der Waals surface area contributed by atoms with E-state index < -0.39 is 0 Å². The van der Waals surface area contributed by atoms with Gasteiger partial charge in [0.05, 0.1) is 5.56 Å². The van der Waals surface area contributed by atoms with E-state index >= 15 is 0 Å². The molecule has 0 saturated heterocycles. The van der Waals surface area contributed by atoms with Crippen molar-refractivity contribution >= 4 is 23.5 Å². The summed E-state index contributed by atoms with van der Waals surface area (Å²) in [7, 11) is 1.82. The number of nitrogens with zero attached hydrogens (tertiary/aromatic N) is 2. The number of anilines is 1. The summed E-state index contributed by atoms with van der Waals surface area (Å²) in [6, 6.07) is 15.4. The third kappa shape index (κ3) is 4.41. The van der Waals surface area contributed by atoms with Crippen molar-refractivity contribution in [2.24, 2.45) is 7.05 Å². The van der Waals surface area contributed by atoms with Crippen LogP contribution in [0.1, 0.15) is 34.6 Å². The zero-order valence-corrected chi connectivity index (χ0v) is 18.7. The molecular weight excluding hydrogens is 422 g/mol. The molecule has 1 aromatic heterocycles. The first kappa shape index (κ1) is 21.7. The maximum Gasteiger partial charge on any atom is 0.279 e. The Balaban J connectivity index is 1.66. The number of aryl methyl sites for hydroxylation is 1. The van der Waals surface area contributed by atoms with E-state index in [1.807, 2.05) is 31.3 Å². The van der Waals surface area contributed by atoms with Crippen LogP contribution in [0, 0.1) is 19.3 Å². The zero-order valence-electron chi connectivity index (χ0n) is 17.9. The quantitative estimate of drug-likeness (QED) is 0.354. The van der Waals surface area contributed by atoms with Gasteiger partial charge in [-0.05, 0) is 35.7 Å². The van der Waals surface area contributed by atoms with Crippen LogP contribution in [0.2, 0.25) is 0 Å². The molecule has 2 aromatic carbocycles. The van der Waals surface area contributed by atoms with Crippen LogP contribution in [-0.4, -0.2) is 22.1 Å². The number of aromatic nitrogens is 2. The van der Waals surface area contributed by atoms with E-state index in [2.05, 4.69) is 35.3 Å². The fraction of sp³-hybridized carbons (Fsp3) is 0.240. The Hall–Kier alpha value is -3.50. The molecule has 162 valence electrons. The number of rotatable bonds is 6. The van der Waals surface area contributed by atoms with E-state index in [0.29, 0.717) is 28.0 Å². The molecule has 2 heterocycles. The lowest BCUT2D eigenvalue weighted by molar-refractivity contribution is -0.116. The molecule has 1 N–H and O–H groups in total.